The predicted octanol–water partition coefficient (Wildman–Crippen LogP) is 3.94. The summed E-state index contributed by atoms with van der Waals surface area (Å²) in [5.74, 6) is 0. The van der Waals surface area contributed by atoms with E-state index in [1.54, 1.807) is 12.3 Å². The van der Waals surface area contributed by atoms with Crippen molar-refractivity contribution in [1.29, 1.82) is 5.41 Å². The number of rotatable bonds is 7. The zero-order chi connectivity index (χ0) is 22.8. The molecular weight excluding hydrogens is 432 g/mol. The Morgan fingerprint density at radius 2 is 1.70 bits per heavy atom. The standard InChI is InChI=1S/C25H22N6OS/c26-12-11-19(27)13-21-29-24-23(33-21)20-14-28-31(16-18-9-5-2-6-10-18)25(32)22(20)30(24)15-17-7-3-1-4-8-17/h1-12,14,27H,13,15-16,26H2/b12-11-,27-19?. The van der Waals surface area contributed by atoms with E-state index in [1.165, 1.54) is 22.2 Å². The molecule has 0 aliphatic heterocycles. The minimum absolute atomic E-state index is 0.141. The second-order valence-electron chi connectivity index (χ2n) is 7.75. The van der Waals surface area contributed by atoms with Gasteiger partial charge in [0.15, 0.2) is 5.65 Å². The molecule has 3 N–H and O–H groups in total. The Hall–Kier alpha value is -4.04. The molecule has 164 valence electrons. The van der Waals surface area contributed by atoms with E-state index in [0.29, 0.717) is 30.7 Å². The molecule has 0 saturated carbocycles. The number of aromatic nitrogens is 4. The van der Waals surface area contributed by atoms with Gasteiger partial charge in [0.25, 0.3) is 5.56 Å². The average molecular weight is 455 g/mol. The van der Waals surface area contributed by atoms with E-state index in [1.807, 2.05) is 65.2 Å². The second kappa shape index (κ2) is 8.84. The summed E-state index contributed by atoms with van der Waals surface area (Å²) >= 11 is 1.50. The lowest BCUT2D eigenvalue weighted by Gasteiger charge is -2.09. The van der Waals surface area contributed by atoms with Crippen molar-refractivity contribution in [2.45, 2.75) is 19.5 Å². The van der Waals surface area contributed by atoms with Crippen LogP contribution in [-0.2, 0) is 19.5 Å². The number of hydrogen-bond acceptors (Lipinski definition) is 6. The van der Waals surface area contributed by atoms with Gasteiger partial charge in [-0.25, -0.2) is 9.67 Å². The molecule has 2 aromatic carbocycles. The van der Waals surface area contributed by atoms with Gasteiger partial charge in [-0.3, -0.25) is 4.79 Å². The fourth-order valence-electron chi connectivity index (χ4n) is 3.93. The van der Waals surface area contributed by atoms with Gasteiger partial charge in [-0.1, -0.05) is 60.7 Å². The third-order valence-electron chi connectivity index (χ3n) is 5.44. The van der Waals surface area contributed by atoms with E-state index in [2.05, 4.69) is 5.10 Å². The van der Waals surface area contributed by atoms with Crippen molar-refractivity contribution in [2.75, 3.05) is 0 Å². The maximum atomic E-state index is 13.6. The van der Waals surface area contributed by atoms with Crippen LogP contribution in [0.5, 0.6) is 0 Å². The monoisotopic (exact) mass is 454 g/mol. The Morgan fingerprint density at radius 1 is 1.03 bits per heavy atom. The molecule has 7 nitrogen and oxygen atoms in total. The van der Waals surface area contributed by atoms with Crippen LogP contribution in [0, 0.1) is 5.41 Å². The van der Waals surface area contributed by atoms with Crippen LogP contribution in [0.2, 0.25) is 0 Å². The number of fused-ring (bicyclic) bond motifs is 3. The lowest BCUT2D eigenvalue weighted by molar-refractivity contribution is 0.642. The number of nitrogens with zero attached hydrogens (tertiary/aromatic N) is 4. The predicted molar refractivity (Wildman–Crippen MR) is 133 cm³/mol. The molecule has 5 aromatic rings. The SMILES string of the molecule is N=C(/C=C\N)Cc1nc2c(s1)c1cnn(Cc3ccccc3)c(=O)c1n2Cc1ccccc1. The molecule has 0 bridgehead atoms. The van der Waals surface area contributed by atoms with Crippen LogP contribution in [0.25, 0.3) is 21.3 Å². The highest BCUT2D eigenvalue weighted by Crippen LogP contribution is 2.32. The Bertz CT molecular complexity index is 1530. The van der Waals surface area contributed by atoms with E-state index in [9.17, 15) is 4.79 Å². The smallest absolute Gasteiger partial charge is 0.291 e. The Balaban J connectivity index is 1.67. The molecule has 8 heteroatoms. The zero-order valence-corrected chi connectivity index (χ0v) is 18.6. The summed E-state index contributed by atoms with van der Waals surface area (Å²) in [5, 5.41) is 14.1. The highest BCUT2D eigenvalue weighted by atomic mass is 32.1. The zero-order valence-electron chi connectivity index (χ0n) is 17.8. The summed E-state index contributed by atoms with van der Waals surface area (Å²) in [6, 6.07) is 19.9. The lowest BCUT2D eigenvalue weighted by atomic mass is 10.2. The highest BCUT2D eigenvalue weighted by molar-refractivity contribution is 7.19. The topological polar surface area (TPSA) is 103 Å². The summed E-state index contributed by atoms with van der Waals surface area (Å²) in [6.45, 7) is 0.926. The molecule has 0 aliphatic carbocycles. The molecule has 33 heavy (non-hydrogen) atoms. The number of thiazole rings is 1. The quantitative estimate of drug-likeness (QED) is 0.364. The normalized spacial score (nSPS) is 11.6. The van der Waals surface area contributed by atoms with E-state index in [0.717, 1.165) is 31.9 Å². The van der Waals surface area contributed by atoms with Gasteiger partial charge in [0.05, 0.1) is 17.4 Å². The third kappa shape index (κ3) is 4.08. The van der Waals surface area contributed by atoms with E-state index < -0.39 is 0 Å². The number of nitrogens with one attached hydrogen (secondary N) is 1. The fraction of sp³-hybridized carbons (Fsp3) is 0.120. The molecule has 0 aliphatic rings. The van der Waals surface area contributed by atoms with Crippen molar-refractivity contribution in [2.24, 2.45) is 5.73 Å². The molecule has 5 rings (SSSR count). The van der Waals surface area contributed by atoms with Gasteiger partial charge in [0, 0.05) is 24.1 Å². The molecule has 0 atom stereocenters. The van der Waals surface area contributed by atoms with Crippen molar-refractivity contribution in [3.05, 3.63) is 106 Å². The Kier molecular flexibility index (Phi) is 5.58. The first-order valence-electron chi connectivity index (χ1n) is 10.6. The summed E-state index contributed by atoms with van der Waals surface area (Å²) < 4.78 is 4.40. The summed E-state index contributed by atoms with van der Waals surface area (Å²) in [4.78, 5) is 18.4. The summed E-state index contributed by atoms with van der Waals surface area (Å²) in [5.41, 5.74) is 9.10. The van der Waals surface area contributed by atoms with Crippen LogP contribution in [0.4, 0.5) is 0 Å². The Labute approximate surface area is 193 Å². The summed E-state index contributed by atoms with van der Waals surface area (Å²) in [6.07, 6.45) is 5.07. The van der Waals surface area contributed by atoms with Crippen LogP contribution in [0.1, 0.15) is 16.1 Å². The molecule has 0 radical (unpaired) electrons. The first-order chi connectivity index (χ1) is 16.1. The molecule has 0 unspecified atom stereocenters. The number of benzene rings is 2. The van der Waals surface area contributed by atoms with Crippen molar-refractivity contribution in [3.63, 3.8) is 0 Å². The van der Waals surface area contributed by atoms with Gasteiger partial charge in [0.1, 0.15) is 10.5 Å². The average Bonchev–Trinajstić information content (AvgIpc) is 3.35. The lowest BCUT2D eigenvalue weighted by Crippen LogP contribution is -2.25. The highest BCUT2D eigenvalue weighted by Gasteiger charge is 2.20. The molecule has 0 spiro atoms. The van der Waals surface area contributed by atoms with E-state index >= 15 is 0 Å². The van der Waals surface area contributed by atoms with Gasteiger partial charge in [-0.15, -0.1) is 11.3 Å². The number of hydrogen-bond donors (Lipinski definition) is 2. The Morgan fingerprint density at radius 3 is 2.36 bits per heavy atom. The van der Waals surface area contributed by atoms with Crippen molar-refractivity contribution >= 4 is 38.3 Å². The van der Waals surface area contributed by atoms with Crippen LogP contribution in [0.15, 0.2) is 83.9 Å². The first-order valence-corrected chi connectivity index (χ1v) is 11.4. The minimum Gasteiger partial charge on any atom is -0.405 e. The minimum atomic E-state index is -0.141. The van der Waals surface area contributed by atoms with E-state index in [-0.39, 0.29) is 5.56 Å². The fourth-order valence-corrected chi connectivity index (χ4v) is 5.03. The second-order valence-corrected chi connectivity index (χ2v) is 8.83. The van der Waals surface area contributed by atoms with Gasteiger partial charge in [-0.05, 0) is 23.4 Å². The van der Waals surface area contributed by atoms with Crippen LogP contribution >= 0.6 is 11.3 Å². The van der Waals surface area contributed by atoms with Gasteiger partial charge in [0.2, 0.25) is 0 Å². The largest absolute Gasteiger partial charge is 0.405 e. The summed E-state index contributed by atoms with van der Waals surface area (Å²) in [7, 11) is 0. The molecule has 3 heterocycles. The van der Waals surface area contributed by atoms with Crippen LogP contribution in [0.3, 0.4) is 0 Å². The van der Waals surface area contributed by atoms with Crippen LogP contribution < -0.4 is 11.3 Å². The molecular formula is C25H22N6OS. The van der Waals surface area contributed by atoms with Crippen molar-refractivity contribution in [1.82, 2.24) is 19.3 Å². The molecule has 0 fully saturated rings. The molecule has 3 aromatic heterocycles. The van der Waals surface area contributed by atoms with Crippen molar-refractivity contribution in [3.8, 4) is 0 Å². The molecule has 0 amide bonds. The van der Waals surface area contributed by atoms with Crippen LogP contribution in [-0.4, -0.2) is 25.0 Å². The maximum Gasteiger partial charge on any atom is 0.291 e. The molecule has 0 saturated heterocycles. The maximum absolute atomic E-state index is 13.6. The number of allylic oxidation sites excluding steroid dienone is 1. The van der Waals surface area contributed by atoms with Gasteiger partial charge in [-0.2, -0.15) is 5.10 Å². The number of nitrogens with two attached hydrogens (primary N) is 1. The third-order valence-corrected chi connectivity index (χ3v) is 6.52. The first kappa shape index (κ1) is 20.8. The van der Waals surface area contributed by atoms with Gasteiger partial charge >= 0.3 is 0 Å². The van der Waals surface area contributed by atoms with E-state index in [4.69, 9.17) is 16.1 Å². The van der Waals surface area contributed by atoms with Crippen molar-refractivity contribution < 1.29 is 0 Å². The van der Waals surface area contributed by atoms with Gasteiger partial charge < -0.3 is 15.7 Å².